The monoisotopic (exact) mass is 236 g/mol. The Hall–Kier alpha value is -1.71. The fourth-order valence-electron chi connectivity index (χ4n) is 2.17. The largest absolute Gasteiger partial charge is 0.507 e. The van der Waals surface area contributed by atoms with Gasteiger partial charge in [0.1, 0.15) is 28.9 Å². The third-order valence-electron chi connectivity index (χ3n) is 2.97. The van der Waals surface area contributed by atoms with Gasteiger partial charge in [0.25, 0.3) is 0 Å². The fourth-order valence-corrected chi connectivity index (χ4v) is 2.17. The third-order valence-corrected chi connectivity index (χ3v) is 2.97. The van der Waals surface area contributed by atoms with Crippen LogP contribution in [0.25, 0.3) is 0 Å². The molecule has 0 amide bonds. The second kappa shape index (κ2) is 4.28. The summed E-state index contributed by atoms with van der Waals surface area (Å²) in [6, 6.07) is 1.48. The van der Waals surface area contributed by atoms with E-state index in [0.29, 0.717) is 35.5 Å². The van der Waals surface area contributed by atoms with Crippen molar-refractivity contribution in [3.05, 3.63) is 17.2 Å². The number of methoxy groups -OCH3 is 1. The maximum Gasteiger partial charge on any atom is 0.174 e. The highest BCUT2D eigenvalue weighted by atomic mass is 16.5. The summed E-state index contributed by atoms with van der Waals surface area (Å²) in [6.07, 6.45) is 0.793. The average molecular weight is 236 g/mol. The summed E-state index contributed by atoms with van der Waals surface area (Å²) in [4.78, 5) is 12.0. The lowest BCUT2D eigenvalue weighted by Gasteiger charge is -2.26. The molecule has 0 saturated carbocycles. The van der Waals surface area contributed by atoms with E-state index in [1.807, 2.05) is 13.8 Å². The Kier molecular flexibility index (Phi) is 2.96. The van der Waals surface area contributed by atoms with Crippen LogP contribution in [-0.2, 0) is 6.42 Å². The minimum atomic E-state index is -0.160. The van der Waals surface area contributed by atoms with Gasteiger partial charge in [-0.25, -0.2) is 0 Å². The van der Waals surface area contributed by atoms with Crippen LogP contribution in [-0.4, -0.2) is 24.1 Å². The molecular formula is C13H16O4. The van der Waals surface area contributed by atoms with Crippen molar-refractivity contribution in [2.24, 2.45) is 0 Å². The second-order valence-electron chi connectivity index (χ2n) is 4.19. The Morgan fingerprint density at radius 2 is 2.29 bits per heavy atom. The number of hydrogen-bond donors (Lipinski definition) is 1. The Morgan fingerprint density at radius 3 is 2.88 bits per heavy atom. The molecule has 2 rings (SSSR count). The molecule has 0 aliphatic carbocycles. The van der Waals surface area contributed by atoms with E-state index in [2.05, 4.69) is 0 Å². The highest BCUT2D eigenvalue weighted by Gasteiger charge is 2.30. The zero-order valence-electron chi connectivity index (χ0n) is 10.2. The molecule has 0 bridgehead atoms. The lowest BCUT2D eigenvalue weighted by atomic mass is 9.95. The smallest absolute Gasteiger partial charge is 0.174 e. The van der Waals surface area contributed by atoms with Crippen molar-refractivity contribution in [2.45, 2.75) is 32.8 Å². The Balaban J connectivity index is 2.69. The molecule has 1 N–H and O–H groups in total. The lowest BCUT2D eigenvalue weighted by Crippen LogP contribution is -2.25. The molecule has 17 heavy (non-hydrogen) atoms. The summed E-state index contributed by atoms with van der Waals surface area (Å²) in [5.41, 5.74) is 1.13. The van der Waals surface area contributed by atoms with Gasteiger partial charge in [-0.05, 0) is 13.3 Å². The van der Waals surface area contributed by atoms with Gasteiger partial charge in [0.2, 0.25) is 0 Å². The first-order chi connectivity index (χ1) is 8.08. The van der Waals surface area contributed by atoms with Crippen LogP contribution in [0.4, 0.5) is 0 Å². The van der Waals surface area contributed by atoms with Crippen LogP contribution in [0.2, 0.25) is 0 Å². The normalized spacial score (nSPS) is 18.5. The van der Waals surface area contributed by atoms with Gasteiger partial charge in [-0.3, -0.25) is 4.79 Å². The second-order valence-corrected chi connectivity index (χ2v) is 4.19. The molecule has 1 unspecified atom stereocenters. The molecule has 1 aromatic carbocycles. The van der Waals surface area contributed by atoms with E-state index in [4.69, 9.17) is 9.47 Å². The molecule has 0 spiro atoms. The number of benzene rings is 1. The third kappa shape index (κ3) is 1.84. The van der Waals surface area contributed by atoms with E-state index in [9.17, 15) is 9.90 Å². The maximum atomic E-state index is 12.0. The molecular weight excluding hydrogens is 220 g/mol. The molecule has 92 valence electrons. The Labute approximate surface area is 100 Å². The Bertz CT molecular complexity index is 465. The van der Waals surface area contributed by atoms with Gasteiger partial charge in [-0.15, -0.1) is 0 Å². The minimum absolute atomic E-state index is 0.00491. The highest BCUT2D eigenvalue weighted by Crippen LogP contribution is 2.42. The van der Waals surface area contributed by atoms with Crippen molar-refractivity contribution in [2.75, 3.05) is 7.11 Å². The number of hydrogen-bond acceptors (Lipinski definition) is 4. The van der Waals surface area contributed by atoms with E-state index in [0.717, 1.165) is 0 Å². The number of ether oxygens (including phenoxy) is 2. The van der Waals surface area contributed by atoms with Crippen molar-refractivity contribution in [1.82, 2.24) is 0 Å². The average Bonchev–Trinajstić information content (AvgIpc) is 2.27. The van der Waals surface area contributed by atoms with Crippen molar-refractivity contribution >= 4 is 5.78 Å². The van der Waals surface area contributed by atoms with Crippen LogP contribution in [0.5, 0.6) is 17.2 Å². The van der Waals surface area contributed by atoms with Crippen molar-refractivity contribution < 1.29 is 19.4 Å². The quantitative estimate of drug-likeness (QED) is 0.856. The summed E-state index contributed by atoms with van der Waals surface area (Å²) < 4.78 is 10.8. The van der Waals surface area contributed by atoms with Crippen LogP contribution in [0, 0.1) is 0 Å². The molecule has 4 nitrogen and oxygen atoms in total. The van der Waals surface area contributed by atoms with Crippen molar-refractivity contribution in [1.29, 1.82) is 0 Å². The molecule has 4 heteroatoms. The molecule has 0 fully saturated rings. The summed E-state index contributed by atoms with van der Waals surface area (Å²) in [7, 11) is 1.48. The molecule has 0 aromatic heterocycles. The SMILES string of the molecule is CCc1c(O)cc(OC)c2c1OC(C)CC2=O. The standard InChI is InChI=1S/C13H16O4/c1-4-8-9(14)6-11(16-3)12-10(15)5-7(2)17-13(8)12/h6-7,14H,4-5H2,1-3H3. The maximum absolute atomic E-state index is 12.0. The van der Waals surface area contributed by atoms with Gasteiger partial charge < -0.3 is 14.6 Å². The predicted octanol–water partition coefficient (Wildman–Crippen LogP) is 2.32. The molecule has 0 saturated heterocycles. The van der Waals surface area contributed by atoms with Crippen LogP contribution >= 0.6 is 0 Å². The molecule has 0 radical (unpaired) electrons. The first-order valence-corrected chi connectivity index (χ1v) is 5.71. The molecule has 1 aliphatic heterocycles. The minimum Gasteiger partial charge on any atom is -0.507 e. The summed E-state index contributed by atoms with van der Waals surface area (Å²) in [5.74, 6) is 0.981. The van der Waals surface area contributed by atoms with Crippen molar-refractivity contribution in [3.8, 4) is 17.2 Å². The molecule has 1 heterocycles. The number of fused-ring (bicyclic) bond motifs is 1. The van der Waals surface area contributed by atoms with Gasteiger partial charge in [-0.1, -0.05) is 6.92 Å². The van der Waals surface area contributed by atoms with Crippen LogP contribution < -0.4 is 9.47 Å². The zero-order chi connectivity index (χ0) is 12.6. The van der Waals surface area contributed by atoms with Gasteiger partial charge in [0.05, 0.1) is 7.11 Å². The first kappa shape index (κ1) is 11.8. The number of phenolic OH excluding ortho intramolecular Hbond substituents is 1. The molecule has 1 aliphatic rings. The Morgan fingerprint density at radius 1 is 1.59 bits per heavy atom. The van der Waals surface area contributed by atoms with Gasteiger partial charge >= 0.3 is 0 Å². The zero-order valence-corrected chi connectivity index (χ0v) is 10.2. The summed E-state index contributed by atoms with van der Waals surface area (Å²) in [6.45, 7) is 3.76. The topological polar surface area (TPSA) is 55.8 Å². The number of ketones is 1. The highest BCUT2D eigenvalue weighted by molar-refractivity contribution is 6.03. The number of carbonyl (C=O) groups is 1. The van der Waals surface area contributed by atoms with Crippen LogP contribution in [0.3, 0.4) is 0 Å². The van der Waals surface area contributed by atoms with E-state index < -0.39 is 0 Å². The van der Waals surface area contributed by atoms with E-state index in [1.165, 1.54) is 13.2 Å². The summed E-state index contributed by atoms with van der Waals surface area (Å²) in [5, 5.41) is 9.88. The van der Waals surface area contributed by atoms with Crippen LogP contribution in [0.1, 0.15) is 36.2 Å². The number of aromatic hydroxyl groups is 1. The lowest BCUT2D eigenvalue weighted by molar-refractivity contribution is 0.0863. The predicted molar refractivity (Wildman–Crippen MR) is 63.1 cm³/mol. The van der Waals surface area contributed by atoms with E-state index >= 15 is 0 Å². The van der Waals surface area contributed by atoms with E-state index in [-0.39, 0.29) is 17.6 Å². The summed E-state index contributed by atoms with van der Waals surface area (Å²) >= 11 is 0. The van der Waals surface area contributed by atoms with Crippen molar-refractivity contribution in [3.63, 3.8) is 0 Å². The molecule has 1 atom stereocenters. The molecule has 1 aromatic rings. The van der Waals surface area contributed by atoms with Gasteiger partial charge in [0.15, 0.2) is 5.78 Å². The fraction of sp³-hybridized carbons (Fsp3) is 0.462. The van der Waals surface area contributed by atoms with Gasteiger partial charge in [-0.2, -0.15) is 0 Å². The van der Waals surface area contributed by atoms with E-state index in [1.54, 1.807) is 0 Å². The van der Waals surface area contributed by atoms with Gasteiger partial charge in [0, 0.05) is 18.1 Å². The number of rotatable bonds is 2. The number of carbonyl (C=O) groups excluding carboxylic acids is 1. The first-order valence-electron chi connectivity index (χ1n) is 5.71. The number of phenols is 1. The van der Waals surface area contributed by atoms with Crippen LogP contribution in [0.15, 0.2) is 6.07 Å². The number of Topliss-reactive ketones (excluding diaryl/α,β-unsaturated/α-hetero) is 1.